The molecule has 0 spiro atoms. The van der Waals surface area contributed by atoms with Gasteiger partial charge < -0.3 is 4.74 Å². The maximum absolute atomic E-state index is 12.9. The summed E-state index contributed by atoms with van der Waals surface area (Å²) in [6, 6.07) is 16.6. The van der Waals surface area contributed by atoms with Crippen LogP contribution in [0.15, 0.2) is 59.8 Å². The Morgan fingerprint density at radius 1 is 1.14 bits per heavy atom. The zero-order chi connectivity index (χ0) is 24.4. The normalized spacial score (nSPS) is 23.0. The highest BCUT2D eigenvalue weighted by Crippen LogP contribution is 2.46. The number of likely N-dealkylation sites (tertiary alicyclic amines) is 1. The summed E-state index contributed by atoms with van der Waals surface area (Å²) in [4.78, 5) is 6.72. The number of nitrogens with one attached hydrogen (secondary N) is 1. The van der Waals surface area contributed by atoms with Gasteiger partial charge in [0.15, 0.2) is 0 Å². The molecule has 0 amide bonds. The first-order chi connectivity index (χ1) is 16.9. The Kier molecular flexibility index (Phi) is 7.09. The van der Waals surface area contributed by atoms with Gasteiger partial charge >= 0.3 is 0 Å². The quantitative estimate of drug-likeness (QED) is 0.440. The van der Waals surface area contributed by atoms with Gasteiger partial charge in [0.25, 0.3) is 10.0 Å². The monoisotopic (exact) mass is 512 g/mol. The number of aromatic nitrogens is 2. The summed E-state index contributed by atoms with van der Waals surface area (Å²) >= 11 is 1.00. The first kappa shape index (κ1) is 24.2. The van der Waals surface area contributed by atoms with E-state index in [-0.39, 0.29) is 16.1 Å². The molecule has 9 heteroatoms. The molecule has 3 aromatic rings. The zero-order valence-corrected chi connectivity index (χ0v) is 21.8. The van der Waals surface area contributed by atoms with Crippen molar-refractivity contribution in [3.63, 3.8) is 0 Å². The van der Waals surface area contributed by atoms with E-state index in [4.69, 9.17) is 4.74 Å². The molecule has 2 aromatic carbocycles. The number of sulfonamides is 1. The SMILES string of the molecule is CC(C)C[C@@H]1CCN([C@H]2CCOc3cc(S(=O)(=O)Nc4ncns4)ccc32)[C@H](c2ccccc2)C1. The van der Waals surface area contributed by atoms with E-state index < -0.39 is 10.0 Å². The smallest absolute Gasteiger partial charge is 0.263 e. The number of hydrogen-bond acceptors (Lipinski definition) is 7. The van der Waals surface area contributed by atoms with Gasteiger partial charge in [-0.3, -0.25) is 9.62 Å². The van der Waals surface area contributed by atoms with Gasteiger partial charge in [0, 0.05) is 41.7 Å². The lowest BCUT2D eigenvalue weighted by Gasteiger charge is -2.46. The van der Waals surface area contributed by atoms with E-state index in [1.807, 2.05) is 6.07 Å². The molecule has 35 heavy (non-hydrogen) atoms. The van der Waals surface area contributed by atoms with Crippen LogP contribution in [0.4, 0.5) is 5.13 Å². The van der Waals surface area contributed by atoms with E-state index in [0.717, 1.165) is 42.4 Å². The number of hydrogen-bond donors (Lipinski definition) is 1. The summed E-state index contributed by atoms with van der Waals surface area (Å²) < 4.78 is 38.1. The molecule has 3 atom stereocenters. The first-order valence-corrected chi connectivity index (χ1v) is 14.5. The van der Waals surface area contributed by atoms with Crippen LogP contribution in [0.1, 0.15) is 62.7 Å². The van der Waals surface area contributed by atoms with Crippen LogP contribution >= 0.6 is 11.5 Å². The van der Waals surface area contributed by atoms with Crippen LogP contribution in [0.25, 0.3) is 0 Å². The minimum Gasteiger partial charge on any atom is -0.493 e. The predicted molar refractivity (Wildman–Crippen MR) is 138 cm³/mol. The van der Waals surface area contributed by atoms with E-state index >= 15 is 0 Å². The third kappa shape index (κ3) is 5.37. The number of nitrogens with zero attached hydrogens (tertiary/aromatic N) is 3. The summed E-state index contributed by atoms with van der Waals surface area (Å²) in [6.07, 6.45) is 5.81. The van der Waals surface area contributed by atoms with Gasteiger partial charge in [-0.25, -0.2) is 13.4 Å². The van der Waals surface area contributed by atoms with Gasteiger partial charge in [-0.2, -0.15) is 4.37 Å². The Balaban J connectivity index is 1.43. The molecule has 0 unspecified atom stereocenters. The third-order valence-electron chi connectivity index (χ3n) is 7.03. The van der Waals surface area contributed by atoms with Crippen LogP contribution in [0.2, 0.25) is 0 Å². The largest absolute Gasteiger partial charge is 0.493 e. The van der Waals surface area contributed by atoms with Crippen molar-refractivity contribution in [3.8, 4) is 5.75 Å². The van der Waals surface area contributed by atoms with Crippen LogP contribution in [0.5, 0.6) is 5.75 Å². The third-order valence-corrected chi connectivity index (χ3v) is 9.07. The lowest BCUT2D eigenvalue weighted by atomic mass is 9.81. The second kappa shape index (κ2) is 10.2. The minimum absolute atomic E-state index is 0.169. The highest BCUT2D eigenvalue weighted by Gasteiger charge is 2.37. The van der Waals surface area contributed by atoms with E-state index in [0.29, 0.717) is 24.3 Å². The van der Waals surface area contributed by atoms with Crippen molar-refractivity contribution in [2.75, 3.05) is 17.9 Å². The summed E-state index contributed by atoms with van der Waals surface area (Å²) in [7, 11) is -3.77. The summed E-state index contributed by atoms with van der Waals surface area (Å²) in [5.74, 6) is 2.06. The molecule has 0 aliphatic carbocycles. The van der Waals surface area contributed by atoms with Crippen molar-refractivity contribution >= 4 is 26.7 Å². The number of benzene rings is 2. The number of piperidine rings is 1. The van der Waals surface area contributed by atoms with Crippen molar-refractivity contribution in [1.82, 2.24) is 14.3 Å². The van der Waals surface area contributed by atoms with E-state index in [1.165, 1.54) is 24.7 Å². The second-order valence-corrected chi connectivity index (χ2v) is 12.4. The molecule has 0 bridgehead atoms. The van der Waals surface area contributed by atoms with E-state index in [1.54, 1.807) is 12.1 Å². The van der Waals surface area contributed by atoms with Crippen LogP contribution in [-0.2, 0) is 10.0 Å². The van der Waals surface area contributed by atoms with Gasteiger partial charge in [-0.05, 0) is 49.3 Å². The molecule has 2 aliphatic rings. The molecule has 0 radical (unpaired) electrons. The van der Waals surface area contributed by atoms with Crippen LogP contribution in [-0.4, -0.2) is 35.8 Å². The topological polar surface area (TPSA) is 84.4 Å². The summed E-state index contributed by atoms with van der Waals surface area (Å²) in [6.45, 7) is 6.21. The highest BCUT2D eigenvalue weighted by molar-refractivity contribution is 7.93. The number of fused-ring (bicyclic) bond motifs is 1. The van der Waals surface area contributed by atoms with Gasteiger partial charge in [0.05, 0.1) is 11.5 Å². The van der Waals surface area contributed by atoms with Crippen molar-refractivity contribution in [3.05, 3.63) is 66.0 Å². The molecule has 5 rings (SSSR count). The van der Waals surface area contributed by atoms with E-state index in [9.17, 15) is 8.42 Å². The molecule has 0 saturated carbocycles. The molecule has 186 valence electrons. The van der Waals surface area contributed by atoms with Gasteiger partial charge in [-0.15, -0.1) is 0 Å². The summed E-state index contributed by atoms with van der Waals surface area (Å²) in [5, 5.41) is 0.247. The van der Waals surface area contributed by atoms with Crippen molar-refractivity contribution in [2.24, 2.45) is 11.8 Å². The van der Waals surface area contributed by atoms with Crippen LogP contribution in [0, 0.1) is 11.8 Å². The standard InChI is InChI=1S/C26H32N4O3S2/c1-18(2)14-19-10-12-30(24(15-19)20-6-4-3-5-7-20)23-11-13-33-25-16-21(8-9-22(23)25)35(31,32)29-26-27-17-28-34-26/h3-9,16-19,23-24H,10-15H2,1-2H3,(H,27,28,29)/t19-,23-,24-/m0/s1. The zero-order valence-electron chi connectivity index (χ0n) is 20.1. The molecule has 1 fully saturated rings. The van der Waals surface area contributed by atoms with Crippen molar-refractivity contribution in [1.29, 1.82) is 0 Å². The van der Waals surface area contributed by atoms with Crippen molar-refractivity contribution < 1.29 is 13.2 Å². The predicted octanol–water partition coefficient (Wildman–Crippen LogP) is 5.66. The molecule has 2 aliphatic heterocycles. The Morgan fingerprint density at radius 2 is 1.97 bits per heavy atom. The summed E-state index contributed by atoms with van der Waals surface area (Å²) in [5.41, 5.74) is 2.42. The number of rotatable bonds is 7. The average Bonchev–Trinajstić information content (AvgIpc) is 3.36. The Bertz CT molecular complexity index is 1230. The maximum atomic E-state index is 12.9. The Morgan fingerprint density at radius 3 is 2.71 bits per heavy atom. The molecular formula is C26H32N4O3S2. The molecule has 1 N–H and O–H groups in total. The number of ether oxygens (including phenoxy) is 1. The fourth-order valence-corrected chi connectivity index (χ4v) is 7.24. The van der Waals surface area contributed by atoms with Gasteiger partial charge in [-0.1, -0.05) is 50.2 Å². The lowest BCUT2D eigenvalue weighted by Crippen LogP contribution is -2.41. The molecule has 1 saturated heterocycles. The number of anilines is 1. The van der Waals surface area contributed by atoms with Gasteiger partial charge in [0.2, 0.25) is 5.13 Å². The fourth-order valence-electron chi connectivity index (χ4n) is 5.57. The van der Waals surface area contributed by atoms with E-state index in [2.05, 4.69) is 63.2 Å². The Hall–Kier alpha value is -2.49. The van der Waals surface area contributed by atoms with Gasteiger partial charge in [0.1, 0.15) is 12.1 Å². The molecular weight excluding hydrogens is 480 g/mol. The highest BCUT2D eigenvalue weighted by atomic mass is 32.2. The average molecular weight is 513 g/mol. The molecule has 3 heterocycles. The first-order valence-electron chi connectivity index (χ1n) is 12.3. The fraction of sp³-hybridized carbons (Fsp3) is 0.462. The molecule has 7 nitrogen and oxygen atoms in total. The lowest BCUT2D eigenvalue weighted by molar-refractivity contribution is 0.0406. The minimum atomic E-state index is -3.77. The van der Waals surface area contributed by atoms with Crippen molar-refractivity contribution in [2.45, 2.75) is 56.5 Å². The maximum Gasteiger partial charge on any atom is 0.263 e. The van der Waals surface area contributed by atoms with Crippen LogP contribution < -0.4 is 9.46 Å². The molecule has 1 aromatic heterocycles. The Labute approximate surface area is 211 Å². The van der Waals surface area contributed by atoms with Crippen LogP contribution in [0.3, 0.4) is 0 Å². The second-order valence-electron chi connectivity index (χ2n) is 9.89.